The van der Waals surface area contributed by atoms with Crippen LogP contribution in [-0.2, 0) is 0 Å². The average molecular weight is 268 g/mol. The maximum Gasteiger partial charge on any atom is 0.347 e. The first-order valence-corrected chi connectivity index (χ1v) is 6.06. The summed E-state index contributed by atoms with van der Waals surface area (Å²) in [7, 11) is 1.52. The highest BCUT2D eigenvalue weighted by Gasteiger charge is 2.14. The van der Waals surface area contributed by atoms with Gasteiger partial charge in [-0.1, -0.05) is 12.1 Å². The number of aromatic nitrogens is 2. The van der Waals surface area contributed by atoms with Crippen LogP contribution in [0.15, 0.2) is 48.8 Å². The van der Waals surface area contributed by atoms with Crippen molar-refractivity contribution in [1.29, 1.82) is 0 Å². The minimum absolute atomic E-state index is 0.389. The highest BCUT2D eigenvalue weighted by atomic mass is 16.5. The van der Waals surface area contributed by atoms with E-state index in [0.717, 1.165) is 11.0 Å². The highest BCUT2D eigenvalue weighted by Crippen LogP contribution is 2.22. The van der Waals surface area contributed by atoms with Gasteiger partial charge in [-0.25, -0.2) is 9.78 Å². The summed E-state index contributed by atoms with van der Waals surface area (Å²) in [5.41, 5.74) is 2.03. The fourth-order valence-corrected chi connectivity index (χ4v) is 1.95. The molecule has 0 aliphatic heterocycles. The number of hydrogen-bond acceptors (Lipinski definition) is 4. The van der Waals surface area contributed by atoms with Crippen LogP contribution in [0.5, 0.6) is 11.5 Å². The van der Waals surface area contributed by atoms with Crippen LogP contribution in [0.3, 0.4) is 0 Å². The average Bonchev–Trinajstić information content (AvgIpc) is 2.94. The molecule has 0 unspecified atom stereocenters. The van der Waals surface area contributed by atoms with Crippen molar-refractivity contribution in [1.82, 2.24) is 9.97 Å². The van der Waals surface area contributed by atoms with Crippen molar-refractivity contribution in [3.05, 3.63) is 54.4 Å². The number of H-pyrrole nitrogens is 1. The van der Waals surface area contributed by atoms with Crippen molar-refractivity contribution >= 4 is 17.0 Å². The molecule has 0 bridgehead atoms. The van der Waals surface area contributed by atoms with E-state index in [1.54, 1.807) is 48.8 Å². The van der Waals surface area contributed by atoms with Crippen LogP contribution in [0, 0.1) is 0 Å². The Morgan fingerprint density at radius 1 is 1.20 bits per heavy atom. The molecule has 0 fully saturated rings. The van der Waals surface area contributed by atoms with Crippen molar-refractivity contribution < 1.29 is 14.3 Å². The van der Waals surface area contributed by atoms with Gasteiger partial charge in [-0.15, -0.1) is 0 Å². The predicted molar refractivity (Wildman–Crippen MR) is 74.0 cm³/mol. The standard InChI is InChI=1S/C15H12N2O3/c1-19-14-5-3-2-4-11(14)15(18)20-10-6-7-12-13(8-10)17-9-16-12/h2-9H,1H3,(H,16,17). The smallest absolute Gasteiger partial charge is 0.347 e. The number of esters is 1. The number of nitrogens with one attached hydrogen (secondary N) is 1. The van der Waals surface area contributed by atoms with Gasteiger partial charge in [-0.05, 0) is 24.3 Å². The number of rotatable bonds is 3. The lowest BCUT2D eigenvalue weighted by atomic mass is 10.2. The summed E-state index contributed by atoms with van der Waals surface area (Å²) in [5.74, 6) is 0.485. The topological polar surface area (TPSA) is 64.2 Å². The Balaban J connectivity index is 1.88. The van der Waals surface area contributed by atoms with E-state index in [4.69, 9.17) is 9.47 Å². The van der Waals surface area contributed by atoms with Gasteiger partial charge in [0.2, 0.25) is 0 Å². The van der Waals surface area contributed by atoms with Gasteiger partial charge < -0.3 is 14.5 Å². The van der Waals surface area contributed by atoms with Crippen LogP contribution in [0.2, 0.25) is 0 Å². The Hall–Kier alpha value is -2.82. The number of nitrogens with zero attached hydrogens (tertiary/aromatic N) is 1. The molecule has 0 aliphatic carbocycles. The fraction of sp³-hybridized carbons (Fsp3) is 0.0667. The van der Waals surface area contributed by atoms with Crippen LogP contribution in [0.25, 0.3) is 11.0 Å². The van der Waals surface area contributed by atoms with Gasteiger partial charge in [0, 0.05) is 6.07 Å². The summed E-state index contributed by atoms with van der Waals surface area (Å²) >= 11 is 0. The van der Waals surface area contributed by atoms with Gasteiger partial charge in [0.05, 0.1) is 24.5 Å². The summed E-state index contributed by atoms with van der Waals surface area (Å²) in [6.07, 6.45) is 1.59. The molecule has 3 rings (SSSR count). The number of aromatic amines is 1. The third kappa shape index (κ3) is 2.21. The maximum atomic E-state index is 12.1. The maximum absolute atomic E-state index is 12.1. The molecule has 0 saturated heterocycles. The molecule has 1 N–H and O–H groups in total. The number of ether oxygens (including phenoxy) is 2. The number of para-hydroxylation sites is 1. The molecule has 0 aliphatic rings. The first kappa shape index (κ1) is 12.2. The van der Waals surface area contributed by atoms with Crippen LogP contribution in [0.1, 0.15) is 10.4 Å². The number of carbonyl (C=O) groups excluding carboxylic acids is 1. The first-order valence-electron chi connectivity index (χ1n) is 6.06. The number of hydrogen-bond donors (Lipinski definition) is 1. The summed E-state index contributed by atoms with van der Waals surface area (Å²) in [6, 6.07) is 12.2. The molecule has 0 radical (unpaired) electrons. The Kier molecular flexibility index (Phi) is 3.09. The molecule has 20 heavy (non-hydrogen) atoms. The van der Waals surface area contributed by atoms with Gasteiger partial charge >= 0.3 is 5.97 Å². The number of imidazole rings is 1. The monoisotopic (exact) mass is 268 g/mol. The highest BCUT2D eigenvalue weighted by molar-refractivity contribution is 5.94. The SMILES string of the molecule is COc1ccccc1C(=O)Oc1ccc2nc[nH]c2c1. The van der Waals surface area contributed by atoms with E-state index in [1.165, 1.54) is 7.11 Å². The second-order valence-corrected chi connectivity index (χ2v) is 4.17. The lowest BCUT2D eigenvalue weighted by Crippen LogP contribution is -2.09. The van der Waals surface area contributed by atoms with E-state index in [0.29, 0.717) is 17.1 Å². The van der Waals surface area contributed by atoms with Crippen LogP contribution in [0.4, 0.5) is 0 Å². The van der Waals surface area contributed by atoms with Crippen LogP contribution >= 0.6 is 0 Å². The van der Waals surface area contributed by atoms with Crippen LogP contribution in [-0.4, -0.2) is 23.0 Å². The summed E-state index contributed by atoms with van der Waals surface area (Å²) in [6.45, 7) is 0. The lowest BCUT2D eigenvalue weighted by molar-refractivity contribution is 0.0731. The normalized spacial score (nSPS) is 10.4. The van der Waals surface area contributed by atoms with E-state index < -0.39 is 5.97 Å². The molecule has 1 heterocycles. The zero-order valence-electron chi connectivity index (χ0n) is 10.8. The molecule has 5 nitrogen and oxygen atoms in total. The van der Waals surface area contributed by atoms with Crippen molar-refractivity contribution in [3.8, 4) is 11.5 Å². The summed E-state index contributed by atoms with van der Waals surface area (Å²) in [5, 5.41) is 0. The number of carbonyl (C=O) groups is 1. The second kappa shape index (κ2) is 5.05. The third-order valence-electron chi connectivity index (χ3n) is 2.93. The minimum Gasteiger partial charge on any atom is -0.496 e. The van der Waals surface area contributed by atoms with Crippen molar-refractivity contribution in [3.63, 3.8) is 0 Å². The Morgan fingerprint density at radius 2 is 2.05 bits per heavy atom. The van der Waals surface area contributed by atoms with Gasteiger partial charge in [0.25, 0.3) is 0 Å². The van der Waals surface area contributed by atoms with Gasteiger partial charge in [0.15, 0.2) is 0 Å². The van der Waals surface area contributed by atoms with E-state index in [9.17, 15) is 4.79 Å². The first-order chi connectivity index (χ1) is 9.78. The van der Waals surface area contributed by atoms with E-state index in [2.05, 4.69) is 9.97 Å². The van der Waals surface area contributed by atoms with Gasteiger partial charge in [-0.2, -0.15) is 0 Å². The molecule has 3 aromatic rings. The van der Waals surface area contributed by atoms with Crippen molar-refractivity contribution in [2.75, 3.05) is 7.11 Å². The molecular formula is C15H12N2O3. The zero-order valence-corrected chi connectivity index (χ0v) is 10.8. The van der Waals surface area contributed by atoms with Crippen molar-refractivity contribution in [2.24, 2.45) is 0 Å². The zero-order chi connectivity index (χ0) is 13.9. The van der Waals surface area contributed by atoms with Gasteiger partial charge in [-0.3, -0.25) is 0 Å². The fourth-order valence-electron chi connectivity index (χ4n) is 1.95. The van der Waals surface area contributed by atoms with Crippen molar-refractivity contribution in [2.45, 2.75) is 0 Å². The molecule has 0 atom stereocenters. The molecular weight excluding hydrogens is 256 g/mol. The summed E-state index contributed by atoms with van der Waals surface area (Å²) < 4.78 is 10.5. The molecule has 0 amide bonds. The quantitative estimate of drug-likeness (QED) is 0.586. The molecule has 2 aromatic carbocycles. The Morgan fingerprint density at radius 3 is 2.90 bits per heavy atom. The van der Waals surface area contributed by atoms with Crippen LogP contribution < -0.4 is 9.47 Å². The number of fused-ring (bicyclic) bond motifs is 1. The minimum atomic E-state index is -0.457. The molecule has 100 valence electrons. The molecule has 0 spiro atoms. The van der Waals surface area contributed by atoms with E-state index in [1.807, 2.05) is 0 Å². The molecule has 1 aromatic heterocycles. The van der Waals surface area contributed by atoms with Gasteiger partial charge in [0.1, 0.15) is 17.1 Å². The number of methoxy groups -OCH3 is 1. The Labute approximate surface area is 115 Å². The van der Waals surface area contributed by atoms with E-state index >= 15 is 0 Å². The third-order valence-corrected chi connectivity index (χ3v) is 2.93. The number of benzene rings is 2. The molecule has 0 saturated carbocycles. The predicted octanol–water partition coefficient (Wildman–Crippen LogP) is 2.79. The Bertz CT molecular complexity index is 764. The summed E-state index contributed by atoms with van der Waals surface area (Å²) in [4.78, 5) is 19.2. The second-order valence-electron chi connectivity index (χ2n) is 4.17. The lowest BCUT2D eigenvalue weighted by Gasteiger charge is -2.08. The molecule has 5 heteroatoms. The largest absolute Gasteiger partial charge is 0.496 e. The van der Waals surface area contributed by atoms with E-state index in [-0.39, 0.29) is 0 Å².